The first-order chi connectivity index (χ1) is 13.2. The second-order valence-electron chi connectivity index (χ2n) is 7.30. The van der Waals surface area contributed by atoms with E-state index in [2.05, 4.69) is 43.9 Å². The first kappa shape index (κ1) is 17.9. The highest BCUT2D eigenvalue weighted by molar-refractivity contribution is 5.78. The maximum atomic E-state index is 12.7. The van der Waals surface area contributed by atoms with Crippen LogP contribution in [-0.4, -0.2) is 84.2 Å². The Hall–Kier alpha value is -2.54. The van der Waals surface area contributed by atoms with E-state index in [1.165, 1.54) is 5.69 Å². The van der Waals surface area contributed by atoms with E-state index in [1.54, 1.807) is 0 Å². The van der Waals surface area contributed by atoms with Crippen molar-refractivity contribution >= 4 is 17.5 Å². The molecule has 2 aliphatic rings. The summed E-state index contributed by atoms with van der Waals surface area (Å²) in [6.45, 7) is 7.60. The zero-order chi connectivity index (χ0) is 18.6. The van der Waals surface area contributed by atoms with E-state index >= 15 is 0 Å². The maximum absolute atomic E-state index is 12.7. The number of rotatable bonds is 4. The van der Waals surface area contributed by atoms with E-state index in [0.29, 0.717) is 6.54 Å². The van der Waals surface area contributed by atoms with E-state index < -0.39 is 0 Å². The Labute approximate surface area is 160 Å². The number of aromatic nitrogens is 2. The van der Waals surface area contributed by atoms with Crippen molar-refractivity contribution in [3.8, 4) is 0 Å². The number of carbonyl (C=O) groups is 1. The van der Waals surface area contributed by atoms with Crippen LogP contribution in [0.2, 0.25) is 0 Å². The molecule has 2 fully saturated rings. The predicted molar refractivity (Wildman–Crippen MR) is 107 cm³/mol. The normalized spacial score (nSPS) is 18.8. The van der Waals surface area contributed by atoms with Crippen LogP contribution >= 0.6 is 0 Å². The van der Waals surface area contributed by atoms with Gasteiger partial charge >= 0.3 is 0 Å². The van der Waals surface area contributed by atoms with Gasteiger partial charge < -0.3 is 19.3 Å². The third kappa shape index (κ3) is 4.08. The van der Waals surface area contributed by atoms with Crippen molar-refractivity contribution in [1.29, 1.82) is 0 Å². The number of hydrogen-bond donors (Lipinski definition) is 0. The molecule has 3 heterocycles. The van der Waals surface area contributed by atoms with Gasteiger partial charge in [-0.05, 0) is 12.1 Å². The van der Waals surface area contributed by atoms with Crippen molar-refractivity contribution in [2.75, 3.05) is 68.7 Å². The van der Waals surface area contributed by atoms with E-state index in [0.717, 1.165) is 58.3 Å². The number of aryl methyl sites for hydroxylation is 1. The van der Waals surface area contributed by atoms with Gasteiger partial charge in [-0.2, -0.15) is 0 Å². The Morgan fingerprint density at radius 2 is 1.59 bits per heavy atom. The maximum Gasteiger partial charge on any atom is 0.236 e. The molecule has 2 aromatic rings. The monoisotopic (exact) mass is 368 g/mol. The number of amides is 1. The van der Waals surface area contributed by atoms with Gasteiger partial charge in [-0.25, -0.2) is 4.98 Å². The molecule has 144 valence electrons. The lowest BCUT2D eigenvalue weighted by molar-refractivity contribution is -0.132. The van der Waals surface area contributed by atoms with Crippen molar-refractivity contribution in [2.45, 2.75) is 0 Å². The predicted octanol–water partition coefficient (Wildman–Crippen LogP) is 0.891. The van der Waals surface area contributed by atoms with Gasteiger partial charge in [-0.3, -0.25) is 9.69 Å². The fourth-order valence-electron chi connectivity index (χ4n) is 3.91. The highest BCUT2D eigenvalue weighted by Gasteiger charge is 2.25. The summed E-state index contributed by atoms with van der Waals surface area (Å²) in [5, 5.41) is 0. The molecule has 1 aromatic carbocycles. The van der Waals surface area contributed by atoms with Crippen molar-refractivity contribution in [1.82, 2.24) is 19.4 Å². The second-order valence-corrected chi connectivity index (χ2v) is 7.30. The summed E-state index contributed by atoms with van der Waals surface area (Å²) >= 11 is 0. The molecule has 1 aromatic heterocycles. The van der Waals surface area contributed by atoms with Crippen molar-refractivity contribution in [3.05, 3.63) is 42.7 Å². The minimum atomic E-state index is 0.258. The Morgan fingerprint density at radius 1 is 0.926 bits per heavy atom. The molecule has 1 amide bonds. The summed E-state index contributed by atoms with van der Waals surface area (Å²) in [5.41, 5.74) is 1.25. The summed E-state index contributed by atoms with van der Waals surface area (Å²) in [5.74, 6) is 1.27. The van der Waals surface area contributed by atoms with Crippen LogP contribution in [0.25, 0.3) is 0 Å². The Bertz CT molecular complexity index is 745. The fraction of sp³-hybridized carbons (Fsp3) is 0.500. The highest BCUT2D eigenvalue weighted by Crippen LogP contribution is 2.16. The SMILES string of the molecule is Cn1ccnc1N1CCN(CC(=O)N2CCN(c3ccccc3)CC2)CC1. The number of piperazine rings is 2. The number of carbonyl (C=O) groups excluding carboxylic acids is 1. The molecule has 2 aliphatic heterocycles. The van der Waals surface area contributed by atoms with E-state index in [9.17, 15) is 4.79 Å². The van der Waals surface area contributed by atoms with Gasteiger partial charge in [-0.15, -0.1) is 0 Å². The molecule has 0 bridgehead atoms. The van der Waals surface area contributed by atoms with Crippen LogP contribution in [-0.2, 0) is 11.8 Å². The Morgan fingerprint density at radius 3 is 2.22 bits per heavy atom. The largest absolute Gasteiger partial charge is 0.368 e. The van der Waals surface area contributed by atoms with Gasteiger partial charge in [0.15, 0.2) is 0 Å². The number of benzene rings is 1. The molecule has 27 heavy (non-hydrogen) atoms. The molecule has 2 saturated heterocycles. The smallest absolute Gasteiger partial charge is 0.236 e. The average molecular weight is 368 g/mol. The van der Waals surface area contributed by atoms with Gasteiger partial charge in [0, 0.05) is 77.5 Å². The van der Waals surface area contributed by atoms with Crippen LogP contribution in [0.1, 0.15) is 0 Å². The third-order valence-corrected chi connectivity index (χ3v) is 5.56. The lowest BCUT2D eigenvalue weighted by Gasteiger charge is -2.38. The van der Waals surface area contributed by atoms with Crippen LogP contribution < -0.4 is 9.80 Å². The Kier molecular flexibility index (Phi) is 5.29. The molecule has 7 nitrogen and oxygen atoms in total. The quantitative estimate of drug-likeness (QED) is 0.802. The summed E-state index contributed by atoms with van der Waals surface area (Å²) in [6, 6.07) is 10.4. The van der Waals surface area contributed by atoms with E-state index in [-0.39, 0.29) is 5.91 Å². The second kappa shape index (κ2) is 8.00. The van der Waals surface area contributed by atoms with Gasteiger partial charge in [0.1, 0.15) is 0 Å². The summed E-state index contributed by atoms with van der Waals surface area (Å²) in [6.07, 6.45) is 3.81. The fourth-order valence-corrected chi connectivity index (χ4v) is 3.91. The van der Waals surface area contributed by atoms with Gasteiger partial charge in [0.2, 0.25) is 11.9 Å². The average Bonchev–Trinajstić information content (AvgIpc) is 3.15. The molecular formula is C20H28N6O. The van der Waals surface area contributed by atoms with Crippen molar-refractivity contribution in [3.63, 3.8) is 0 Å². The lowest BCUT2D eigenvalue weighted by atomic mass is 10.2. The lowest BCUT2D eigenvalue weighted by Crippen LogP contribution is -2.54. The number of anilines is 2. The molecule has 0 N–H and O–H groups in total. The van der Waals surface area contributed by atoms with Gasteiger partial charge in [-0.1, -0.05) is 18.2 Å². The zero-order valence-corrected chi connectivity index (χ0v) is 16.0. The molecule has 0 saturated carbocycles. The minimum Gasteiger partial charge on any atom is -0.368 e. The van der Waals surface area contributed by atoms with Gasteiger partial charge in [0.05, 0.1) is 6.54 Å². The Balaban J connectivity index is 1.23. The first-order valence-electron chi connectivity index (χ1n) is 9.73. The zero-order valence-electron chi connectivity index (χ0n) is 16.0. The van der Waals surface area contributed by atoms with Crippen molar-refractivity contribution < 1.29 is 4.79 Å². The molecule has 0 unspecified atom stereocenters. The number of para-hydroxylation sites is 1. The molecule has 0 spiro atoms. The molecule has 7 heteroatoms. The molecule has 0 radical (unpaired) electrons. The molecule has 4 rings (SSSR count). The molecule has 0 atom stereocenters. The van der Waals surface area contributed by atoms with E-state index in [4.69, 9.17) is 0 Å². The van der Waals surface area contributed by atoms with Gasteiger partial charge in [0.25, 0.3) is 0 Å². The molecule has 0 aliphatic carbocycles. The van der Waals surface area contributed by atoms with Crippen molar-refractivity contribution in [2.24, 2.45) is 7.05 Å². The van der Waals surface area contributed by atoms with E-state index in [1.807, 2.05) is 35.0 Å². The van der Waals surface area contributed by atoms with Crippen LogP contribution in [0.3, 0.4) is 0 Å². The highest BCUT2D eigenvalue weighted by atomic mass is 16.2. The standard InChI is InChI=1S/C20H28N6O/c1-22-8-7-21-20(22)26-11-9-23(10-12-26)17-19(27)25-15-13-24(14-16-25)18-5-3-2-4-6-18/h2-8H,9-17H2,1H3. The third-order valence-electron chi connectivity index (χ3n) is 5.56. The van der Waals surface area contributed by atoms with Crippen LogP contribution in [0.15, 0.2) is 42.7 Å². The summed E-state index contributed by atoms with van der Waals surface area (Å²) in [4.78, 5) is 26.1. The number of imidazole rings is 1. The number of nitrogens with zero attached hydrogens (tertiary/aromatic N) is 6. The van der Waals surface area contributed by atoms with Crippen LogP contribution in [0.5, 0.6) is 0 Å². The van der Waals surface area contributed by atoms with Crippen LogP contribution in [0.4, 0.5) is 11.6 Å². The summed E-state index contributed by atoms with van der Waals surface area (Å²) in [7, 11) is 2.02. The molecular weight excluding hydrogens is 340 g/mol. The minimum absolute atomic E-state index is 0.258. The topological polar surface area (TPSA) is 47.9 Å². The number of hydrogen-bond acceptors (Lipinski definition) is 5. The first-order valence-corrected chi connectivity index (χ1v) is 9.73. The summed E-state index contributed by atoms with van der Waals surface area (Å²) < 4.78 is 2.05. The van der Waals surface area contributed by atoms with Crippen LogP contribution in [0, 0.1) is 0 Å².